The molecule has 0 N–H and O–H groups in total. The van der Waals surface area contributed by atoms with Gasteiger partial charge in [-0.15, -0.1) is 0 Å². The van der Waals surface area contributed by atoms with Crippen LogP contribution in [0.15, 0.2) is 46.9 Å². The molecule has 24 heavy (non-hydrogen) atoms. The largest absolute Gasteiger partial charge is 0.363 e. The first-order valence-corrected chi connectivity index (χ1v) is 9.13. The fraction of sp³-hybridized carbons (Fsp3) is 0.316. The zero-order valence-corrected chi connectivity index (χ0v) is 15.9. The zero-order valence-electron chi connectivity index (χ0n) is 13.5. The van der Waals surface area contributed by atoms with E-state index < -0.39 is 0 Å². The Morgan fingerprint density at radius 1 is 1.33 bits per heavy atom. The van der Waals surface area contributed by atoms with E-state index in [1.807, 2.05) is 24.3 Å². The SMILES string of the molecule is CN1CC[C@H](N(Cc2cccc(Br)c2)c2ccc(C#N)c(Cl)c2)C1. The molecule has 124 valence electrons. The highest BCUT2D eigenvalue weighted by atomic mass is 79.9. The lowest BCUT2D eigenvalue weighted by Crippen LogP contribution is -2.36. The van der Waals surface area contributed by atoms with Crippen LogP contribution in [0.4, 0.5) is 5.69 Å². The van der Waals surface area contributed by atoms with Crippen LogP contribution in [0.5, 0.6) is 0 Å². The summed E-state index contributed by atoms with van der Waals surface area (Å²) in [6, 6.07) is 16.7. The molecule has 0 bridgehead atoms. The molecule has 3 nitrogen and oxygen atoms in total. The van der Waals surface area contributed by atoms with E-state index in [1.165, 1.54) is 5.56 Å². The van der Waals surface area contributed by atoms with Crippen LogP contribution >= 0.6 is 27.5 Å². The predicted octanol–water partition coefficient (Wildman–Crippen LogP) is 4.68. The van der Waals surface area contributed by atoms with Crippen LogP contribution in [-0.2, 0) is 6.54 Å². The van der Waals surface area contributed by atoms with Crippen molar-refractivity contribution in [1.29, 1.82) is 5.26 Å². The van der Waals surface area contributed by atoms with Crippen molar-refractivity contribution in [3.8, 4) is 6.07 Å². The van der Waals surface area contributed by atoms with Crippen LogP contribution in [0.2, 0.25) is 5.02 Å². The monoisotopic (exact) mass is 403 g/mol. The number of halogens is 2. The van der Waals surface area contributed by atoms with Gasteiger partial charge < -0.3 is 9.80 Å². The van der Waals surface area contributed by atoms with E-state index in [4.69, 9.17) is 16.9 Å². The van der Waals surface area contributed by atoms with Crippen molar-refractivity contribution in [2.45, 2.75) is 19.0 Å². The highest BCUT2D eigenvalue weighted by Gasteiger charge is 2.26. The molecule has 0 unspecified atom stereocenters. The van der Waals surface area contributed by atoms with Gasteiger partial charge in [-0.05, 0) is 55.9 Å². The normalized spacial score (nSPS) is 17.7. The van der Waals surface area contributed by atoms with Gasteiger partial charge in [0.05, 0.1) is 10.6 Å². The van der Waals surface area contributed by atoms with E-state index in [9.17, 15) is 0 Å². The Hall–Kier alpha value is -1.54. The third-order valence-corrected chi connectivity index (χ3v) is 5.26. The van der Waals surface area contributed by atoms with Crippen molar-refractivity contribution >= 4 is 33.2 Å². The Morgan fingerprint density at radius 2 is 2.17 bits per heavy atom. The van der Waals surface area contributed by atoms with Crippen LogP contribution in [0.25, 0.3) is 0 Å². The van der Waals surface area contributed by atoms with Crippen LogP contribution in [0, 0.1) is 11.3 Å². The molecule has 1 fully saturated rings. The third kappa shape index (κ3) is 3.92. The topological polar surface area (TPSA) is 30.3 Å². The van der Waals surface area contributed by atoms with Crippen LogP contribution in [0.1, 0.15) is 17.5 Å². The first kappa shape index (κ1) is 17.3. The van der Waals surface area contributed by atoms with E-state index in [-0.39, 0.29) is 0 Å². The molecule has 0 saturated carbocycles. The molecule has 2 aromatic carbocycles. The molecule has 1 aliphatic heterocycles. The van der Waals surface area contributed by atoms with E-state index in [0.29, 0.717) is 16.6 Å². The van der Waals surface area contributed by atoms with Gasteiger partial charge in [0.2, 0.25) is 0 Å². The van der Waals surface area contributed by atoms with Crippen molar-refractivity contribution < 1.29 is 0 Å². The van der Waals surface area contributed by atoms with Gasteiger partial charge in [-0.2, -0.15) is 5.26 Å². The molecular formula is C19H19BrClN3. The fourth-order valence-electron chi connectivity index (χ4n) is 3.20. The number of hydrogen-bond donors (Lipinski definition) is 0. The summed E-state index contributed by atoms with van der Waals surface area (Å²) in [4.78, 5) is 4.75. The standard InChI is InChI=1S/C19H19BrClN3/c1-23-8-7-18(13-23)24(12-14-3-2-4-16(20)9-14)17-6-5-15(11-22)19(21)10-17/h2-6,9-10,18H,7-8,12-13H2,1H3/t18-/m0/s1. The predicted molar refractivity (Wildman–Crippen MR) is 102 cm³/mol. The Balaban J connectivity index is 1.93. The van der Waals surface area contributed by atoms with E-state index in [0.717, 1.165) is 36.2 Å². The Morgan fingerprint density at radius 3 is 2.79 bits per heavy atom. The van der Waals surface area contributed by atoms with Gasteiger partial charge >= 0.3 is 0 Å². The van der Waals surface area contributed by atoms with Gasteiger partial charge in [0.25, 0.3) is 0 Å². The summed E-state index contributed by atoms with van der Waals surface area (Å²) in [5.74, 6) is 0. The summed E-state index contributed by atoms with van der Waals surface area (Å²) in [5.41, 5.74) is 2.84. The van der Waals surface area contributed by atoms with E-state index in [2.05, 4.69) is 57.0 Å². The average Bonchev–Trinajstić information content (AvgIpc) is 2.99. The van der Waals surface area contributed by atoms with E-state index >= 15 is 0 Å². The summed E-state index contributed by atoms with van der Waals surface area (Å²) < 4.78 is 1.08. The summed E-state index contributed by atoms with van der Waals surface area (Å²) in [7, 11) is 2.16. The molecule has 5 heteroatoms. The van der Waals surface area contributed by atoms with Crippen molar-refractivity contribution in [3.05, 3.63) is 63.1 Å². The maximum atomic E-state index is 9.10. The summed E-state index contributed by atoms with van der Waals surface area (Å²) in [5, 5.41) is 9.61. The lowest BCUT2D eigenvalue weighted by molar-refractivity contribution is 0.407. The van der Waals surface area contributed by atoms with Gasteiger partial charge in [-0.25, -0.2) is 0 Å². The quantitative estimate of drug-likeness (QED) is 0.741. The summed E-state index contributed by atoms with van der Waals surface area (Å²) in [6.45, 7) is 2.95. The first-order valence-electron chi connectivity index (χ1n) is 7.96. The van der Waals surface area contributed by atoms with Crippen LogP contribution in [-0.4, -0.2) is 31.1 Å². The highest BCUT2D eigenvalue weighted by Crippen LogP contribution is 2.29. The van der Waals surface area contributed by atoms with Crippen molar-refractivity contribution in [1.82, 2.24) is 4.90 Å². The molecule has 0 spiro atoms. The third-order valence-electron chi connectivity index (χ3n) is 4.45. The number of likely N-dealkylation sites (N-methyl/N-ethyl adjacent to an activating group) is 1. The molecule has 1 aliphatic rings. The number of nitriles is 1. The second-order valence-corrected chi connectivity index (χ2v) is 7.56. The minimum atomic E-state index is 0.443. The molecule has 0 radical (unpaired) electrons. The van der Waals surface area contributed by atoms with Crippen molar-refractivity contribution in [2.24, 2.45) is 0 Å². The molecule has 0 aromatic heterocycles. The summed E-state index contributed by atoms with van der Waals surface area (Å²) in [6.07, 6.45) is 1.13. The van der Waals surface area contributed by atoms with Gasteiger partial charge in [-0.3, -0.25) is 0 Å². The molecule has 0 aliphatic carbocycles. The number of likely N-dealkylation sites (tertiary alicyclic amines) is 1. The average molecular weight is 405 g/mol. The summed E-state index contributed by atoms with van der Waals surface area (Å²) >= 11 is 9.82. The van der Waals surface area contributed by atoms with Crippen LogP contribution in [0.3, 0.4) is 0 Å². The number of anilines is 1. The number of nitrogens with zero attached hydrogens (tertiary/aromatic N) is 3. The lowest BCUT2D eigenvalue weighted by atomic mass is 10.1. The molecule has 2 aromatic rings. The van der Waals surface area contributed by atoms with Crippen molar-refractivity contribution in [2.75, 3.05) is 25.0 Å². The molecule has 0 amide bonds. The fourth-order valence-corrected chi connectivity index (χ4v) is 3.87. The molecule has 1 atom stereocenters. The zero-order chi connectivity index (χ0) is 17.1. The second kappa shape index (κ2) is 7.57. The molecule has 1 saturated heterocycles. The van der Waals surface area contributed by atoms with Crippen molar-refractivity contribution in [3.63, 3.8) is 0 Å². The van der Waals surface area contributed by atoms with Gasteiger partial charge in [0.1, 0.15) is 6.07 Å². The minimum Gasteiger partial charge on any atom is -0.363 e. The Labute approximate surface area is 156 Å². The number of hydrogen-bond acceptors (Lipinski definition) is 3. The molecule has 3 rings (SSSR count). The smallest absolute Gasteiger partial charge is 0.101 e. The van der Waals surface area contributed by atoms with Gasteiger partial charge in [0.15, 0.2) is 0 Å². The second-order valence-electron chi connectivity index (χ2n) is 6.24. The number of rotatable bonds is 4. The minimum absolute atomic E-state index is 0.443. The van der Waals surface area contributed by atoms with Gasteiger partial charge in [0, 0.05) is 29.3 Å². The number of benzene rings is 2. The highest BCUT2D eigenvalue weighted by molar-refractivity contribution is 9.10. The van der Waals surface area contributed by atoms with Gasteiger partial charge in [-0.1, -0.05) is 39.7 Å². The molecular weight excluding hydrogens is 386 g/mol. The maximum Gasteiger partial charge on any atom is 0.101 e. The Kier molecular flexibility index (Phi) is 5.45. The first-order chi connectivity index (χ1) is 11.6. The van der Waals surface area contributed by atoms with E-state index in [1.54, 1.807) is 0 Å². The van der Waals surface area contributed by atoms with Crippen LogP contribution < -0.4 is 4.90 Å². The molecule has 1 heterocycles. The maximum absolute atomic E-state index is 9.10. The lowest BCUT2D eigenvalue weighted by Gasteiger charge is -2.31. The Bertz CT molecular complexity index is 771.